The van der Waals surface area contributed by atoms with Gasteiger partial charge in [0, 0.05) is 23.5 Å². The highest BCUT2D eigenvalue weighted by Gasteiger charge is 2.39. The lowest BCUT2D eigenvalue weighted by atomic mass is 10.1. The smallest absolute Gasteiger partial charge is 0.240 e. The lowest BCUT2D eigenvalue weighted by molar-refractivity contribution is -0.135. The number of likely N-dealkylation sites (tertiary alicyclic amines) is 1. The van der Waals surface area contributed by atoms with Gasteiger partial charge in [0.05, 0.1) is 17.2 Å². The second-order valence-electron chi connectivity index (χ2n) is 6.24. The zero-order valence-corrected chi connectivity index (χ0v) is 13.3. The number of likely N-dealkylation sites (N-methyl/N-ethyl adjacent to an activating group) is 1. The van der Waals surface area contributed by atoms with Crippen LogP contribution >= 0.6 is 11.3 Å². The average molecular weight is 281 g/mol. The summed E-state index contributed by atoms with van der Waals surface area (Å²) in [7, 11) is 2.04. The number of thiazole rings is 1. The van der Waals surface area contributed by atoms with Crippen molar-refractivity contribution in [2.45, 2.75) is 52.2 Å². The van der Waals surface area contributed by atoms with Crippen LogP contribution in [0.3, 0.4) is 0 Å². The van der Waals surface area contributed by atoms with E-state index in [2.05, 4.69) is 30.7 Å². The quantitative estimate of drug-likeness (QED) is 0.853. The molecule has 0 spiro atoms. The Bertz CT molecular complexity index is 464. The number of nitrogens with zero attached hydrogens (tertiary/aromatic N) is 3. The molecule has 0 aliphatic carbocycles. The first-order valence-corrected chi connectivity index (χ1v) is 7.59. The zero-order valence-electron chi connectivity index (χ0n) is 12.4. The van der Waals surface area contributed by atoms with E-state index in [1.54, 1.807) is 11.3 Å². The first kappa shape index (κ1) is 14.5. The molecule has 2 rings (SSSR count). The Labute approximate surface area is 119 Å². The normalized spacial score (nSPS) is 20.6. The molecule has 0 bridgehead atoms. The second-order valence-corrected chi connectivity index (χ2v) is 7.18. The van der Waals surface area contributed by atoms with Crippen molar-refractivity contribution < 1.29 is 4.79 Å². The van der Waals surface area contributed by atoms with Crippen molar-refractivity contribution in [3.8, 4) is 0 Å². The van der Waals surface area contributed by atoms with E-state index in [-0.39, 0.29) is 17.5 Å². The third-order valence-corrected chi connectivity index (χ3v) is 4.68. The Morgan fingerprint density at radius 3 is 2.68 bits per heavy atom. The van der Waals surface area contributed by atoms with Crippen LogP contribution in [0.2, 0.25) is 0 Å². The van der Waals surface area contributed by atoms with Crippen molar-refractivity contribution in [2.75, 3.05) is 13.6 Å². The van der Waals surface area contributed by atoms with Gasteiger partial charge in [0.2, 0.25) is 5.91 Å². The molecule has 1 fully saturated rings. The third kappa shape index (κ3) is 2.98. The minimum atomic E-state index is -0.0763. The molecule has 19 heavy (non-hydrogen) atoms. The van der Waals surface area contributed by atoms with Gasteiger partial charge >= 0.3 is 0 Å². The fourth-order valence-corrected chi connectivity index (χ4v) is 3.39. The van der Waals surface area contributed by atoms with E-state index in [4.69, 9.17) is 0 Å². The van der Waals surface area contributed by atoms with Crippen LogP contribution in [0.1, 0.15) is 37.8 Å². The van der Waals surface area contributed by atoms with Gasteiger partial charge in [-0.2, -0.15) is 0 Å². The van der Waals surface area contributed by atoms with Gasteiger partial charge in [-0.25, -0.2) is 4.98 Å². The number of amides is 1. The van der Waals surface area contributed by atoms with E-state index in [0.29, 0.717) is 0 Å². The van der Waals surface area contributed by atoms with E-state index >= 15 is 0 Å². The van der Waals surface area contributed by atoms with Crippen LogP contribution in [-0.4, -0.2) is 45.9 Å². The van der Waals surface area contributed by atoms with Crippen LogP contribution in [0.4, 0.5) is 0 Å². The molecule has 1 atom stereocenters. The highest BCUT2D eigenvalue weighted by atomic mass is 32.1. The van der Waals surface area contributed by atoms with Crippen LogP contribution in [0.25, 0.3) is 0 Å². The summed E-state index contributed by atoms with van der Waals surface area (Å²) in [5, 5.41) is 0. The maximum absolute atomic E-state index is 12.5. The Morgan fingerprint density at radius 2 is 2.21 bits per heavy atom. The molecular formula is C14H23N3OS. The summed E-state index contributed by atoms with van der Waals surface area (Å²) in [6.07, 6.45) is 0.921. The van der Waals surface area contributed by atoms with Crippen molar-refractivity contribution in [3.05, 3.63) is 16.1 Å². The molecule has 0 radical (unpaired) electrons. The molecule has 0 aromatic carbocycles. The van der Waals surface area contributed by atoms with E-state index in [9.17, 15) is 4.79 Å². The van der Waals surface area contributed by atoms with Gasteiger partial charge in [0.15, 0.2) is 0 Å². The fourth-order valence-electron chi connectivity index (χ4n) is 2.55. The maximum Gasteiger partial charge on any atom is 0.240 e. The van der Waals surface area contributed by atoms with Crippen molar-refractivity contribution in [1.29, 1.82) is 0 Å². The summed E-state index contributed by atoms with van der Waals surface area (Å²) in [5.41, 5.74) is 2.87. The SMILES string of the molecule is Cc1ncsc1CN(C)[C@H]1CCN(C(C)(C)C)C1=O. The topological polar surface area (TPSA) is 36.4 Å². The Balaban J connectivity index is 2.04. The number of aromatic nitrogens is 1. The number of carbonyl (C=O) groups excluding carboxylic acids is 1. The summed E-state index contributed by atoms with van der Waals surface area (Å²) >= 11 is 1.67. The third-order valence-electron chi connectivity index (χ3n) is 3.76. The van der Waals surface area contributed by atoms with Crippen molar-refractivity contribution >= 4 is 17.2 Å². The second kappa shape index (κ2) is 5.21. The molecule has 1 aromatic heterocycles. The molecular weight excluding hydrogens is 258 g/mol. The van der Waals surface area contributed by atoms with Gasteiger partial charge in [0.25, 0.3) is 0 Å². The summed E-state index contributed by atoms with van der Waals surface area (Å²) in [6.45, 7) is 9.99. The Hall–Kier alpha value is -0.940. The molecule has 0 saturated carbocycles. The Morgan fingerprint density at radius 1 is 1.53 bits per heavy atom. The summed E-state index contributed by atoms with van der Waals surface area (Å²) < 4.78 is 0. The summed E-state index contributed by atoms with van der Waals surface area (Å²) in [6, 6.07) is 0.0146. The predicted molar refractivity (Wildman–Crippen MR) is 78.2 cm³/mol. The minimum Gasteiger partial charge on any atom is -0.336 e. The molecule has 1 aliphatic heterocycles. The van der Waals surface area contributed by atoms with Gasteiger partial charge in [-0.1, -0.05) is 0 Å². The molecule has 106 valence electrons. The van der Waals surface area contributed by atoms with E-state index in [1.165, 1.54) is 4.88 Å². The number of aryl methyl sites for hydroxylation is 1. The van der Waals surface area contributed by atoms with Crippen molar-refractivity contribution in [2.24, 2.45) is 0 Å². The first-order chi connectivity index (χ1) is 8.80. The van der Waals surface area contributed by atoms with Gasteiger partial charge in [0.1, 0.15) is 0 Å². The molecule has 1 aromatic rings. The van der Waals surface area contributed by atoms with Crippen LogP contribution in [0.5, 0.6) is 0 Å². The van der Waals surface area contributed by atoms with Crippen molar-refractivity contribution in [3.63, 3.8) is 0 Å². The van der Waals surface area contributed by atoms with E-state index in [1.807, 2.05) is 24.4 Å². The fraction of sp³-hybridized carbons (Fsp3) is 0.714. The van der Waals surface area contributed by atoms with Gasteiger partial charge in [-0.15, -0.1) is 11.3 Å². The van der Waals surface area contributed by atoms with Crippen LogP contribution in [0, 0.1) is 6.92 Å². The standard InChI is InChI=1S/C14H23N3OS/c1-10-12(19-9-15-10)8-16(5)11-6-7-17(13(11)18)14(2,3)4/h9,11H,6-8H2,1-5H3/t11-/m0/s1. The average Bonchev–Trinajstić information content (AvgIpc) is 2.85. The van der Waals surface area contributed by atoms with E-state index < -0.39 is 0 Å². The predicted octanol–water partition coefficient (Wildman–Crippen LogP) is 2.28. The minimum absolute atomic E-state index is 0.0146. The van der Waals surface area contributed by atoms with Crippen LogP contribution in [0.15, 0.2) is 5.51 Å². The van der Waals surface area contributed by atoms with E-state index in [0.717, 1.165) is 25.2 Å². The van der Waals surface area contributed by atoms with Crippen molar-refractivity contribution in [1.82, 2.24) is 14.8 Å². The molecule has 2 heterocycles. The molecule has 5 heteroatoms. The highest BCUT2D eigenvalue weighted by Crippen LogP contribution is 2.26. The first-order valence-electron chi connectivity index (χ1n) is 6.71. The Kier molecular flexibility index (Phi) is 3.97. The van der Waals surface area contributed by atoms with Gasteiger partial charge < -0.3 is 4.90 Å². The lowest BCUT2D eigenvalue weighted by Gasteiger charge is -2.33. The molecule has 1 amide bonds. The number of rotatable bonds is 3. The van der Waals surface area contributed by atoms with Crippen LogP contribution < -0.4 is 0 Å². The molecule has 0 unspecified atom stereocenters. The largest absolute Gasteiger partial charge is 0.336 e. The summed E-state index contributed by atoms with van der Waals surface area (Å²) in [5.74, 6) is 0.261. The zero-order chi connectivity index (χ0) is 14.2. The number of hydrogen-bond donors (Lipinski definition) is 0. The molecule has 0 N–H and O–H groups in total. The monoisotopic (exact) mass is 281 g/mol. The number of hydrogen-bond acceptors (Lipinski definition) is 4. The molecule has 1 saturated heterocycles. The summed E-state index contributed by atoms with van der Waals surface area (Å²) in [4.78, 5) is 22.2. The molecule has 4 nitrogen and oxygen atoms in total. The van der Waals surface area contributed by atoms with Gasteiger partial charge in [-0.05, 0) is 41.2 Å². The van der Waals surface area contributed by atoms with Gasteiger partial charge in [-0.3, -0.25) is 9.69 Å². The number of carbonyl (C=O) groups is 1. The lowest BCUT2D eigenvalue weighted by Crippen LogP contribution is -2.46. The maximum atomic E-state index is 12.5. The van der Waals surface area contributed by atoms with Crippen LogP contribution in [-0.2, 0) is 11.3 Å². The highest BCUT2D eigenvalue weighted by molar-refractivity contribution is 7.09. The molecule has 1 aliphatic rings.